The molecule has 20 heavy (non-hydrogen) atoms. The molecule has 2 rings (SSSR count). The second-order valence-corrected chi connectivity index (χ2v) is 5.39. The molecule has 0 bridgehead atoms. The van der Waals surface area contributed by atoms with Gasteiger partial charge >= 0.3 is 0 Å². The molecule has 0 saturated carbocycles. The van der Waals surface area contributed by atoms with Crippen LogP contribution in [0.5, 0.6) is 0 Å². The van der Waals surface area contributed by atoms with Gasteiger partial charge in [0.25, 0.3) is 0 Å². The van der Waals surface area contributed by atoms with Crippen molar-refractivity contribution < 1.29 is 4.42 Å². The van der Waals surface area contributed by atoms with Crippen LogP contribution in [-0.2, 0) is 0 Å². The molecule has 1 aromatic carbocycles. The lowest BCUT2D eigenvalue weighted by Gasteiger charge is -2.11. The van der Waals surface area contributed by atoms with Gasteiger partial charge in [-0.3, -0.25) is 0 Å². The summed E-state index contributed by atoms with van der Waals surface area (Å²) in [6, 6.07) is 5.25. The van der Waals surface area contributed by atoms with E-state index in [9.17, 15) is 0 Å². The summed E-state index contributed by atoms with van der Waals surface area (Å²) in [5, 5.41) is 12.6. The van der Waals surface area contributed by atoms with Gasteiger partial charge in [0.15, 0.2) is 0 Å². The lowest BCUT2D eigenvalue weighted by atomic mass is 10.2. The quantitative estimate of drug-likeness (QED) is 0.853. The van der Waals surface area contributed by atoms with Crippen molar-refractivity contribution in [1.29, 1.82) is 0 Å². The fourth-order valence-electron chi connectivity index (χ4n) is 1.89. The van der Waals surface area contributed by atoms with Crippen LogP contribution in [0, 0.1) is 0 Å². The van der Waals surface area contributed by atoms with Gasteiger partial charge in [-0.05, 0) is 37.6 Å². The molecule has 0 fully saturated rings. The summed E-state index contributed by atoms with van der Waals surface area (Å²) in [6.07, 6.45) is 1.94. The Labute approximate surface area is 128 Å². The van der Waals surface area contributed by atoms with Crippen molar-refractivity contribution >= 4 is 23.2 Å². The topological polar surface area (TPSA) is 51.0 Å². The van der Waals surface area contributed by atoms with Gasteiger partial charge in [0.2, 0.25) is 11.8 Å². The third kappa shape index (κ3) is 3.72. The molecule has 0 amide bonds. The van der Waals surface area contributed by atoms with Gasteiger partial charge in [0, 0.05) is 15.6 Å². The van der Waals surface area contributed by atoms with Gasteiger partial charge in [0.05, 0.1) is 6.04 Å². The second-order valence-electron chi connectivity index (χ2n) is 4.52. The summed E-state index contributed by atoms with van der Waals surface area (Å²) in [5.41, 5.74) is 0.728. The number of hydrogen-bond acceptors (Lipinski definition) is 4. The Hall–Kier alpha value is -1.10. The zero-order valence-corrected chi connectivity index (χ0v) is 13.0. The van der Waals surface area contributed by atoms with Crippen molar-refractivity contribution in [3.8, 4) is 11.5 Å². The van der Waals surface area contributed by atoms with Crippen LogP contribution in [0.1, 0.15) is 38.6 Å². The molecule has 1 N–H and O–H groups in total. The predicted molar refractivity (Wildman–Crippen MR) is 81.1 cm³/mol. The summed E-state index contributed by atoms with van der Waals surface area (Å²) in [4.78, 5) is 0. The molecular formula is C14H17Cl2N3O. The second kappa shape index (κ2) is 7.07. The Kier molecular flexibility index (Phi) is 5.40. The fraction of sp³-hybridized carbons (Fsp3) is 0.429. The van der Waals surface area contributed by atoms with Gasteiger partial charge in [-0.2, -0.15) is 0 Å². The van der Waals surface area contributed by atoms with Gasteiger partial charge in [0.1, 0.15) is 0 Å². The highest BCUT2D eigenvalue weighted by molar-refractivity contribution is 6.35. The Balaban J connectivity index is 2.23. The summed E-state index contributed by atoms with van der Waals surface area (Å²) >= 11 is 12.0. The average molecular weight is 314 g/mol. The van der Waals surface area contributed by atoms with Crippen LogP contribution in [0.25, 0.3) is 11.5 Å². The number of halogens is 2. The van der Waals surface area contributed by atoms with Gasteiger partial charge in [-0.1, -0.05) is 37.0 Å². The molecule has 4 nitrogen and oxygen atoms in total. The van der Waals surface area contributed by atoms with E-state index in [1.165, 1.54) is 0 Å². The van der Waals surface area contributed by atoms with Crippen LogP contribution >= 0.6 is 23.2 Å². The summed E-state index contributed by atoms with van der Waals surface area (Å²) in [5.74, 6) is 1.02. The molecule has 1 unspecified atom stereocenters. The summed E-state index contributed by atoms with van der Waals surface area (Å²) in [7, 11) is 0. The molecule has 0 saturated heterocycles. The Morgan fingerprint density at radius 1 is 1.15 bits per heavy atom. The first-order chi connectivity index (χ1) is 9.63. The van der Waals surface area contributed by atoms with Crippen molar-refractivity contribution in [3.05, 3.63) is 34.1 Å². The van der Waals surface area contributed by atoms with E-state index in [1.807, 2.05) is 0 Å². The van der Waals surface area contributed by atoms with Crippen molar-refractivity contribution in [3.63, 3.8) is 0 Å². The van der Waals surface area contributed by atoms with E-state index in [0.717, 1.165) is 24.9 Å². The Morgan fingerprint density at radius 3 is 2.45 bits per heavy atom. The molecule has 0 radical (unpaired) electrons. The van der Waals surface area contributed by atoms with Gasteiger partial charge < -0.3 is 9.73 Å². The number of hydrogen-bond donors (Lipinski definition) is 1. The van der Waals surface area contributed by atoms with Crippen LogP contribution in [0.15, 0.2) is 22.6 Å². The monoisotopic (exact) mass is 313 g/mol. The first-order valence-electron chi connectivity index (χ1n) is 6.67. The molecule has 0 aliphatic carbocycles. The normalized spacial score (nSPS) is 12.6. The Bertz CT molecular complexity index is 551. The maximum absolute atomic E-state index is 5.98. The lowest BCUT2D eigenvalue weighted by Crippen LogP contribution is -2.21. The minimum atomic E-state index is 0.0749. The first-order valence-corrected chi connectivity index (χ1v) is 7.42. The number of nitrogens with one attached hydrogen (secondary N) is 1. The minimum absolute atomic E-state index is 0.0749. The maximum Gasteiger partial charge on any atom is 0.247 e. The SMILES string of the molecule is CCCNC(CC)c1nnc(-c2cc(Cl)cc(Cl)c2)o1. The van der Waals surface area contributed by atoms with E-state index in [2.05, 4.69) is 29.4 Å². The van der Waals surface area contributed by atoms with Gasteiger partial charge in [-0.15, -0.1) is 10.2 Å². The highest BCUT2D eigenvalue weighted by Gasteiger charge is 2.17. The number of benzene rings is 1. The van der Waals surface area contributed by atoms with Crippen molar-refractivity contribution in [2.75, 3.05) is 6.54 Å². The Morgan fingerprint density at radius 2 is 1.85 bits per heavy atom. The first kappa shape index (κ1) is 15.3. The van der Waals surface area contributed by atoms with Crippen LogP contribution in [0.3, 0.4) is 0 Å². The van der Waals surface area contributed by atoms with Gasteiger partial charge in [-0.25, -0.2) is 0 Å². The molecule has 1 heterocycles. The standard InChI is InChI=1S/C14H17Cl2N3O/c1-3-5-17-12(4-2)14-19-18-13(20-14)9-6-10(15)8-11(16)7-9/h6-8,12,17H,3-5H2,1-2H3. The zero-order chi connectivity index (χ0) is 14.5. The number of aromatic nitrogens is 2. The third-order valence-electron chi connectivity index (χ3n) is 2.90. The molecule has 1 aromatic heterocycles. The van der Waals surface area contributed by atoms with Crippen molar-refractivity contribution in [2.24, 2.45) is 0 Å². The fourth-order valence-corrected chi connectivity index (χ4v) is 2.42. The summed E-state index contributed by atoms with van der Waals surface area (Å²) in [6.45, 7) is 5.11. The zero-order valence-electron chi connectivity index (χ0n) is 11.5. The van der Waals surface area contributed by atoms with Crippen molar-refractivity contribution in [2.45, 2.75) is 32.7 Å². The molecular weight excluding hydrogens is 297 g/mol. The van der Waals surface area contributed by atoms with Crippen LogP contribution < -0.4 is 5.32 Å². The van der Waals surface area contributed by atoms with Crippen LogP contribution in [0.4, 0.5) is 0 Å². The predicted octanol–water partition coefficient (Wildman–Crippen LogP) is 4.49. The molecule has 0 aliphatic rings. The smallest absolute Gasteiger partial charge is 0.247 e. The average Bonchev–Trinajstić information content (AvgIpc) is 2.88. The third-order valence-corrected chi connectivity index (χ3v) is 3.33. The lowest BCUT2D eigenvalue weighted by molar-refractivity contribution is 0.396. The van der Waals surface area contributed by atoms with E-state index in [-0.39, 0.29) is 6.04 Å². The molecule has 0 aliphatic heterocycles. The molecule has 6 heteroatoms. The largest absolute Gasteiger partial charge is 0.419 e. The van der Waals surface area contributed by atoms with Crippen LogP contribution in [0.2, 0.25) is 10.0 Å². The van der Waals surface area contributed by atoms with E-state index in [1.54, 1.807) is 18.2 Å². The van der Waals surface area contributed by atoms with E-state index in [4.69, 9.17) is 27.6 Å². The summed E-state index contributed by atoms with van der Waals surface area (Å²) < 4.78 is 5.73. The molecule has 108 valence electrons. The van der Waals surface area contributed by atoms with Crippen molar-refractivity contribution in [1.82, 2.24) is 15.5 Å². The molecule has 2 aromatic rings. The highest BCUT2D eigenvalue weighted by Crippen LogP contribution is 2.27. The number of nitrogens with zero attached hydrogens (tertiary/aromatic N) is 2. The van der Waals surface area contributed by atoms with E-state index in [0.29, 0.717) is 21.8 Å². The molecule has 1 atom stereocenters. The number of rotatable bonds is 6. The van der Waals surface area contributed by atoms with E-state index < -0.39 is 0 Å². The highest BCUT2D eigenvalue weighted by atomic mass is 35.5. The van der Waals surface area contributed by atoms with E-state index >= 15 is 0 Å². The minimum Gasteiger partial charge on any atom is -0.419 e. The van der Waals surface area contributed by atoms with Crippen LogP contribution in [-0.4, -0.2) is 16.7 Å². The molecule has 0 spiro atoms. The maximum atomic E-state index is 5.98.